The molecular formula is C18H21N. The molecular weight excluding hydrogens is 230 g/mol. The Kier molecular flexibility index (Phi) is 6.81. The standard InChI is InChI=1S/C18H21N/c1-4-7-14-17(6-3)19-18(15-8-5-2)16-12-10-9-11-13-16/h4-12,14-15,19H,1-2,13H2,3H3/b14-7-,15-8-,17-6+,18-16+. The summed E-state index contributed by atoms with van der Waals surface area (Å²) in [6.07, 6.45) is 22.8. The van der Waals surface area contributed by atoms with Crippen LogP contribution < -0.4 is 5.32 Å². The number of rotatable bonds is 6. The van der Waals surface area contributed by atoms with Crippen LogP contribution in [0.5, 0.6) is 0 Å². The fourth-order valence-electron chi connectivity index (χ4n) is 1.64. The Balaban J connectivity index is 2.98. The van der Waals surface area contributed by atoms with Crippen molar-refractivity contribution in [3.8, 4) is 0 Å². The van der Waals surface area contributed by atoms with E-state index in [1.165, 1.54) is 5.57 Å². The quantitative estimate of drug-likeness (QED) is 0.673. The van der Waals surface area contributed by atoms with Crippen molar-refractivity contribution in [1.29, 1.82) is 0 Å². The van der Waals surface area contributed by atoms with E-state index < -0.39 is 0 Å². The van der Waals surface area contributed by atoms with E-state index in [1.54, 1.807) is 12.2 Å². The van der Waals surface area contributed by atoms with Crippen LogP contribution >= 0.6 is 0 Å². The lowest BCUT2D eigenvalue weighted by molar-refractivity contribution is 1.00. The topological polar surface area (TPSA) is 12.0 Å². The minimum atomic E-state index is 0.933. The molecule has 0 aliphatic heterocycles. The first-order chi connectivity index (χ1) is 9.31. The van der Waals surface area contributed by atoms with Crippen LogP contribution in [0.15, 0.2) is 97.0 Å². The maximum absolute atomic E-state index is 3.72. The van der Waals surface area contributed by atoms with Crippen molar-refractivity contribution >= 4 is 0 Å². The highest BCUT2D eigenvalue weighted by Crippen LogP contribution is 2.16. The molecule has 0 saturated carbocycles. The fourth-order valence-corrected chi connectivity index (χ4v) is 1.64. The summed E-state index contributed by atoms with van der Waals surface area (Å²) in [7, 11) is 0. The molecule has 1 aliphatic carbocycles. The predicted molar refractivity (Wildman–Crippen MR) is 85.5 cm³/mol. The average Bonchev–Trinajstić information content (AvgIpc) is 2.47. The van der Waals surface area contributed by atoms with Crippen LogP contribution in [-0.2, 0) is 0 Å². The van der Waals surface area contributed by atoms with Gasteiger partial charge in [-0.2, -0.15) is 0 Å². The molecule has 1 rings (SSSR count). The smallest absolute Gasteiger partial charge is 0.0419 e. The number of allylic oxidation sites excluding steroid dienone is 12. The molecule has 19 heavy (non-hydrogen) atoms. The van der Waals surface area contributed by atoms with Crippen LogP contribution in [0.1, 0.15) is 13.3 Å². The maximum atomic E-state index is 3.72. The van der Waals surface area contributed by atoms with E-state index in [9.17, 15) is 0 Å². The molecule has 0 unspecified atom stereocenters. The molecule has 1 N–H and O–H groups in total. The van der Waals surface area contributed by atoms with E-state index in [-0.39, 0.29) is 0 Å². The van der Waals surface area contributed by atoms with Crippen molar-refractivity contribution in [3.05, 3.63) is 97.0 Å². The molecule has 0 bridgehead atoms. The normalized spacial score (nSPS) is 18.1. The van der Waals surface area contributed by atoms with Crippen molar-refractivity contribution in [3.63, 3.8) is 0 Å². The molecule has 1 nitrogen and oxygen atoms in total. The van der Waals surface area contributed by atoms with Crippen molar-refractivity contribution < 1.29 is 0 Å². The largest absolute Gasteiger partial charge is 0.356 e. The van der Waals surface area contributed by atoms with Gasteiger partial charge in [-0.05, 0) is 31.1 Å². The molecule has 1 heteroatoms. The third-order valence-corrected chi connectivity index (χ3v) is 2.63. The summed E-state index contributed by atoms with van der Waals surface area (Å²) >= 11 is 0. The molecule has 0 aromatic rings. The van der Waals surface area contributed by atoms with Gasteiger partial charge < -0.3 is 5.32 Å². The van der Waals surface area contributed by atoms with E-state index in [2.05, 4.69) is 42.8 Å². The third-order valence-electron chi connectivity index (χ3n) is 2.63. The Hall–Kier alpha value is -2.28. The zero-order valence-electron chi connectivity index (χ0n) is 11.5. The van der Waals surface area contributed by atoms with Gasteiger partial charge in [0.15, 0.2) is 0 Å². The van der Waals surface area contributed by atoms with Gasteiger partial charge in [0.25, 0.3) is 0 Å². The molecule has 0 aromatic carbocycles. The van der Waals surface area contributed by atoms with Gasteiger partial charge in [-0.25, -0.2) is 0 Å². The second-order valence-electron chi connectivity index (χ2n) is 3.99. The lowest BCUT2D eigenvalue weighted by Crippen LogP contribution is -2.12. The number of nitrogens with one attached hydrogen (secondary N) is 1. The molecule has 0 spiro atoms. The lowest BCUT2D eigenvalue weighted by Gasteiger charge is -2.13. The van der Waals surface area contributed by atoms with Gasteiger partial charge in [-0.3, -0.25) is 0 Å². The molecule has 0 radical (unpaired) electrons. The molecule has 0 atom stereocenters. The van der Waals surface area contributed by atoms with E-state index in [0.29, 0.717) is 0 Å². The highest BCUT2D eigenvalue weighted by molar-refractivity contribution is 5.41. The SMILES string of the molecule is C=C/C=C\C(NC(/C=C\C=C)=C/C)=C1\C=CC=CC1. The Morgan fingerprint density at radius 1 is 1.16 bits per heavy atom. The fraction of sp³-hybridized carbons (Fsp3) is 0.111. The van der Waals surface area contributed by atoms with Crippen molar-refractivity contribution in [2.75, 3.05) is 0 Å². The average molecular weight is 251 g/mol. The van der Waals surface area contributed by atoms with E-state index >= 15 is 0 Å². The molecule has 0 aromatic heterocycles. The molecule has 0 amide bonds. The van der Waals surface area contributed by atoms with Crippen molar-refractivity contribution in [2.24, 2.45) is 0 Å². The summed E-state index contributed by atoms with van der Waals surface area (Å²) in [5.41, 5.74) is 3.38. The van der Waals surface area contributed by atoms with Crippen LogP contribution in [0, 0.1) is 0 Å². The zero-order valence-corrected chi connectivity index (χ0v) is 11.5. The first-order valence-electron chi connectivity index (χ1n) is 6.39. The van der Waals surface area contributed by atoms with Crippen LogP contribution in [0.3, 0.4) is 0 Å². The van der Waals surface area contributed by atoms with Crippen molar-refractivity contribution in [1.82, 2.24) is 5.32 Å². The van der Waals surface area contributed by atoms with Gasteiger partial charge in [0.1, 0.15) is 0 Å². The summed E-state index contributed by atoms with van der Waals surface area (Å²) in [6, 6.07) is 0. The van der Waals surface area contributed by atoms with Gasteiger partial charge in [-0.1, -0.05) is 67.8 Å². The van der Waals surface area contributed by atoms with E-state index in [4.69, 9.17) is 0 Å². The van der Waals surface area contributed by atoms with E-state index in [1.807, 2.05) is 37.3 Å². The molecule has 0 fully saturated rings. The summed E-state index contributed by atoms with van der Waals surface area (Å²) in [5, 5.41) is 3.43. The van der Waals surface area contributed by atoms with Gasteiger partial charge in [-0.15, -0.1) is 0 Å². The Morgan fingerprint density at radius 3 is 2.47 bits per heavy atom. The highest BCUT2D eigenvalue weighted by Gasteiger charge is 2.02. The number of hydrogen-bond acceptors (Lipinski definition) is 1. The molecule has 1 aliphatic rings. The number of hydrogen-bond donors (Lipinski definition) is 1. The summed E-state index contributed by atoms with van der Waals surface area (Å²) in [5.74, 6) is 0. The monoisotopic (exact) mass is 251 g/mol. The predicted octanol–water partition coefficient (Wildman–Crippen LogP) is 4.73. The minimum Gasteiger partial charge on any atom is -0.356 e. The van der Waals surface area contributed by atoms with Gasteiger partial charge in [0.05, 0.1) is 0 Å². The second kappa shape index (κ2) is 8.76. The minimum absolute atomic E-state index is 0.933. The summed E-state index contributed by atoms with van der Waals surface area (Å²) in [6.45, 7) is 9.41. The first-order valence-corrected chi connectivity index (χ1v) is 6.39. The van der Waals surface area contributed by atoms with Gasteiger partial charge in [0.2, 0.25) is 0 Å². The van der Waals surface area contributed by atoms with Gasteiger partial charge in [0, 0.05) is 11.4 Å². The third kappa shape index (κ3) is 5.26. The molecule has 98 valence electrons. The van der Waals surface area contributed by atoms with E-state index in [0.717, 1.165) is 17.8 Å². The lowest BCUT2D eigenvalue weighted by atomic mass is 10.0. The maximum Gasteiger partial charge on any atom is 0.0419 e. The van der Waals surface area contributed by atoms with Crippen LogP contribution in [0.4, 0.5) is 0 Å². The first kappa shape index (κ1) is 14.8. The van der Waals surface area contributed by atoms with Crippen LogP contribution in [-0.4, -0.2) is 0 Å². The summed E-state index contributed by atoms with van der Waals surface area (Å²) in [4.78, 5) is 0. The van der Waals surface area contributed by atoms with Gasteiger partial charge >= 0.3 is 0 Å². The Bertz CT molecular complexity index is 494. The Morgan fingerprint density at radius 2 is 1.89 bits per heavy atom. The molecule has 0 saturated heterocycles. The second-order valence-corrected chi connectivity index (χ2v) is 3.99. The Labute approximate surface area is 116 Å². The highest BCUT2D eigenvalue weighted by atomic mass is 14.9. The molecule has 0 heterocycles. The van der Waals surface area contributed by atoms with Crippen LogP contribution in [0.25, 0.3) is 0 Å². The summed E-state index contributed by atoms with van der Waals surface area (Å²) < 4.78 is 0. The zero-order chi connectivity index (χ0) is 13.9. The van der Waals surface area contributed by atoms with Crippen LogP contribution in [0.2, 0.25) is 0 Å². The van der Waals surface area contributed by atoms with Crippen molar-refractivity contribution in [2.45, 2.75) is 13.3 Å².